The van der Waals surface area contributed by atoms with Gasteiger partial charge in [-0.15, -0.1) is 11.8 Å². The van der Waals surface area contributed by atoms with E-state index >= 15 is 0 Å². The second kappa shape index (κ2) is 6.25. The molecule has 1 fully saturated rings. The van der Waals surface area contributed by atoms with E-state index in [-0.39, 0.29) is 18.6 Å². The zero-order valence-corrected chi connectivity index (χ0v) is 11.4. The first-order valence-electron chi connectivity index (χ1n) is 6.31. The SMILES string of the molecule is Cc1ccccc1SCC(=O)N1CCCC1CO. The number of carbonyl (C=O) groups is 1. The number of nitrogens with zero attached hydrogens (tertiary/aromatic N) is 1. The van der Waals surface area contributed by atoms with Gasteiger partial charge in [0, 0.05) is 11.4 Å². The number of rotatable bonds is 4. The van der Waals surface area contributed by atoms with Gasteiger partial charge in [-0.25, -0.2) is 0 Å². The van der Waals surface area contributed by atoms with Crippen LogP contribution in [0.15, 0.2) is 29.2 Å². The minimum atomic E-state index is 0.0370. The lowest BCUT2D eigenvalue weighted by molar-refractivity contribution is -0.129. The van der Waals surface area contributed by atoms with Crippen molar-refractivity contribution in [1.82, 2.24) is 4.90 Å². The van der Waals surface area contributed by atoms with E-state index in [0.29, 0.717) is 5.75 Å². The number of carbonyl (C=O) groups excluding carboxylic acids is 1. The van der Waals surface area contributed by atoms with Gasteiger partial charge < -0.3 is 10.0 Å². The summed E-state index contributed by atoms with van der Waals surface area (Å²) in [6, 6.07) is 8.13. The lowest BCUT2D eigenvalue weighted by atomic mass is 10.2. The molecule has 1 atom stereocenters. The van der Waals surface area contributed by atoms with Gasteiger partial charge in [0.1, 0.15) is 0 Å². The van der Waals surface area contributed by atoms with Crippen molar-refractivity contribution in [1.29, 1.82) is 0 Å². The van der Waals surface area contributed by atoms with Gasteiger partial charge in [0.05, 0.1) is 18.4 Å². The molecule has 98 valence electrons. The van der Waals surface area contributed by atoms with Crippen molar-refractivity contribution >= 4 is 17.7 Å². The summed E-state index contributed by atoms with van der Waals surface area (Å²) in [6.45, 7) is 2.93. The number of aliphatic hydroxyl groups is 1. The van der Waals surface area contributed by atoms with Crippen LogP contribution < -0.4 is 0 Å². The standard InChI is InChI=1S/C14H19NO2S/c1-11-5-2-3-7-13(11)18-10-14(17)15-8-4-6-12(15)9-16/h2-3,5,7,12,16H,4,6,8-10H2,1H3. The molecule has 1 N–H and O–H groups in total. The third kappa shape index (κ3) is 3.06. The van der Waals surface area contributed by atoms with Crippen molar-refractivity contribution in [2.45, 2.75) is 30.7 Å². The van der Waals surface area contributed by atoms with Gasteiger partial charge in [0.25, 0.3) is 0 Å². The molecule has 1 heterocycles. The van der Waals surface area contributed by atoms with Crippen molar-refractivity contribution in [3.05, 3.63) is 29.8 Å². The molecule has 1 aliphatic heterocycles. The van der Waals surface area contributed by atoms with Gasteiger partial charge in [-0.05, 0) is 31.4 Å². The highest BCUT2D eigenvalue weighted by Crippen LogP contribution is 2.24. The Balaban J connectivity index is 1.90. The number of aliphatic hydroxyl groups excluding tert-OH is 1. The fourth-order valence-corrected chi connectivity index (χ4v) is 3.21. The maximum Gasteiger partial charge on any atom is 0.233 e. The monoisotopic (exact) mass is 265 g/mol. The average Bonchev–Trinajstić information content (AvgIpc) is 2.86. The maximum atomic E-state index is 12.1. The van der Waals surface area contributed by atoms with Crippen LogP contribution in [0, 0.1) is 6.92 Å². The molecule has 18 heavy (non-hydrogen) atoms. The Kier molecular flexibility index (Phi) is 4.66. The molecule has 4 heteroatoms. The Bertz CT molecular complexity index is 422. The van der Waals surface area contributed by atoms with Crippen LogP contribution in [0.4, 0.5) is 0 Å². The van der Waals surface area contributed by atoms with E-state index in [0.717, 1.165) is 24.3 Å². The highest BCUT2D eigenvalue weighted by molar-refractivity contribution is 8.00. The Hall–Kier alpha value is -1.00. The Labute approximate surface area is 112 Å². The number of hydrogen-bond acceptors (Lipinski definition) is 3. The van der Waals surface area contributed by atoms with E-state index in [9.17, 15) is 9.90 Å². The summed E-state index contributed by atoms with van der Waals surface area (Å²) in [6.07, 6.45) is 1.93. The van der Waals surface area contributed by atoms with Gasteiger partial charge in [-0.1, -0.05) is 18.2 Å². The molecule has 0 radical (unpaired) electrons. The molecule has 1 aromatic rings. The molecule has 3 nitrogen and oxygen atoms in total. The van der Waals surface area contributed by atoms with Crippen LogP contribution >= 0.6 is 11.8 Å². The van der Waals surface area contributed by atoms with Gasteiger partial charge in [0.2, 0.25) is 5.91 Å². The number of likely N-dealkylation sites (tertiary alicyclic amines) is 1. The lowest BCUT2D eigenvalue weighted by Gasteiger charge is -2.22. The average molecular weight is 265 g/mol. The third-order valence-corrected chi connectivity index (χ3v) is 4.51. The molecule has 1 amide bonds. The maximum absolute atomic E-state index is 12.1. The fourth-order valence-electron chi connectivity index (χ4n) is 2.29. The molecular weight excluding hydrogens is 246 g/mol. The number of benzene rings is 1. The first-order chi connectivity index (χ1) is 8.72. The predicted molar refractivity (Wildman–Crippen MR) is 73.7 cm³/mol. The summed E-state index contributed by atoms with van der Waals surface area (Å²) in [5, 5.41) is 9.21. The van der Waals surface area contributed by atoms with E-state index in [1.54, 1.807) is 11.8 Å². The van der Waals surface area contributed by atoms with Crippen LogP contribution in [0.3, 0.4) is 0 Å². The molecule has 0 spiro atoms. The summed E-state index contributed by atoms with van der Waals surface area (Å²) >= 11 is 1.58. The molecule has 1 aromatic carbocycles. The van der Waals surface area contributed by atoms with Crippen LogP contribution in [-0.2, 0) is 4.79 Å². The minimum Gasteiger partial charge on any atom is -0.394 e. The predicted octanol–water partition coefficient (Wildman–Crippen LogP) is 2.07. The molecular formula is C14H19NO2S. The van der Waals surface area contributed by atoms with E-state index in [2.05, 4.69) is 13.0 Å². The van der Waals surface area contributed by atoms with Gasteiger partial charge >= 0.3 is 0 Å². The summed E-state index contributed by atoms with van der Waals surface area (Å²) in [4.78, 5) is 15.1. The summed E-state index contributed by atoms with van der Waals surface area (Å²) in [7, 11) is 0. The molecule has 1 aliphatic rings. The lowest BCUT2D eigenvalue weighted by Crippen LogP contribution is -2.38. The molecule has 0 aliphatic carbocycles. The molecule has 0 bridgehead atoms. The molecule has 1 saturated heterocycles. The fraction of sp³-hybridized carbons (Fsp3) is 0.500. The number of thioether (sulfide) groups is 1. The first-order valence-corrected chi connectivity index (χ1v) is 7.29. The van der Waals surface area contributed by atoms with Crippen molar-refractivity contribution in [2.24, 2.45) is 0 Å². The quantitative estimate of drug-likeness (QED) is 0.847. The molecule has 0 aromatic heterocycles. The van der Waals surface area contributed by atoms with Crippen molar-refractivity contribution in [2.75, 3.05) is 18.9 Å². The zero-order valence-electron chi connectivity index (χ0n) is 10.6. The molecule has 2 rings (SSSR count). The first kappa shape index (κ1) is 13.4. The van der Waals surface area contributed by atoms with Crippen LogP contribution in [0.5, 0.6) is 0 Å². The highest BCUT2D eigenvalue weighted by Gasteiger charge is 2.27. The smallest absolute Gasteiger partial charge is 0.233 e. The Morgan fingerprint density at radius 3 is 3.00 bits per heavy atom. The third-order valence-electron chi connectivity index (χ3n) is 3.35. The number of aryl methyl sites for hydroxylation is 1. The normalized spacial score (nSPS) is 19.2. The summed E-state index contributed by atoms with van der Waals surface area (Å²) in [5.41, 5.74) is 1.20. The van der Waals surface area contributed by atoms with Crippen LogP contribution in [0.25, 0.3) is 0 Å². The molecule has 0 saturated carbocycles. The van der Waals surface area contributed by atoms with Gasteiger partial charge in [0.15, 0.2) is 0 Å². The van der Waals surface area contributed by atoms with Crippen LogP contribution in [0.2, 0.25) is 0 Å². The van der Waals surface area contributed by atoms with Crippen molar-refractivity contribution in [3.8, 4) is 0 Å². The van der Waals surface area contributed by atoms with Gasteiger partial charge in [-0.2, -0.15) is 0 Å². The molecule has 1 unspecified atom stereocenters. The van der Waals surface area contributed by atoms with E-state index in [4.69, 9.17) is 0 Å². The second-order valence-electron chi connectivity index (χ2n) is 4.62. The second-order valence-corrected chi connectivity index (χ2v) is 5.64. The van der Waals surface area contributed by atoms with Crippen LogP contribution in [0.1, 0.15) is 18.4 Å². The van der Waals surface area contributed by atoms with Crippen LogP contribution in [-0.4, -0.2) is 40.9 Å². The topological polar surface area (TPSA) is 40.5 Å². The largest absolute Gasteiger partial charge is 0.394 e. The summed E-state index contributed by atoms with van der Waals surface area (Å²) < 4.78 is 0. The van der Waals surface area contributed by atoms with Gasteiger partial charge in [-0.3, -0.25) is 4.79 Å². The highest BCUT2D eigenvalue weighted by atomic mass is 32.2. The summed E-state index contributed by atoms with van der Waals surface area (Å²) in [5.74, 6) is 0.598. The number of hydrogen-bond donors (Lipinski definition) is 1. The zero-order chi connectivity index (χ0) is 13.0. The Morgan fingerprint density at radius 2 is 2.28 bits per heavy atom. The van der Waals surface area contributed by atoms with E-state index in [1.165, 1.54) is 5.56 Å². The van der Waals surface area contributed by atoms with E-state index < -0.39 is 0 Å². The minimum absolute atomic E-state index is 0.0370. The number of amides is 1. The Morgan fingerprint density at radius 1 is 1.50 bits per heavy atom. The van der Waals surface area contributed by atoms with Crippen molar-refractivity contribution in [3.63, 3.8) is 0 Å². The van der Waals surface area contributed by atoms with Crippen molar-refractivity contribution < 1.29 is 9.90 Å². The van der Waals surface area contributed by atoms with E-state index in [1.807, 2.05) is 23.1 Å².